The lowest BCUT2D eigenvalue weighted by Gasteiger charge is -2.41. The average molecular weight is 400 g/mol. The molecule has 1 saturated heterocycles. The van der Waals surface area contributed by atoms with Gasteiger partial charge in [0, 0.05) is 31.4 Å². The zero-order chi connectivity index (χ0) is 20.8. The Hall–Kier alpha value is -3.24. The predicted molar refractivity (Wildman–Crippen MR) is 123 cm³/mol. The van der Waals surface area contributed by atoms with Gasteiger partial charge < -0.3 is 15.4 Å². The van der Waals surface area contributed by atoms with E-state index in [0.29, 0.717) is 12.6 Å². The first-order chi connectivity index (χ1) is 14.7. The van der Waals surface area contributed by atoms with Crippen molar-refractivity contribution in [3.63, 3.8) is 0 Å². The summed E-state index contributed by atoms with van der Waals surface area (Å²) >= 11 is 0. The van der Waals surface area contributed by atoms with Crippen LogP contribution in [-0.2, 0) is 13.1 Å². The summed E-state index contributed by atoms with van der Waals surface area (Å²) in [5, 5.41) is 6.65. The Kier molecular flexibility index (Phi) is 6.35. The van der Waals surface area contributed by atoms with Gasteiger partial charge in [-0.15, -0.1) is 0 Å². The standard InChI is InChI=1S/C26H29N3O/c1-20(27-18-21-10-14-25(30-2)15-11-21)28-24-12-8-22(9-13-24)19-29-17-16-26(29)23-6-4-3-5-7-23/h3-15,26-28H,1,16-19H2,2H3. The van der Waals surface area contributed by atoms with Crippen LogP contribution in [0.5, 0.6) is 5.75 Å². The second-order valence-corrected chi connectivity index (χ2v) is 7.69. The molecular weight excluding hydrogens is 370 g/mol. The molecule has 0 aliphatic carbocycles. The van der Waals surface area contributed by atoms with Gasteiger partial charge in [-0.3, -0.25) is 4.90 Å². The van der Waals surface area contributed by atoms with Gasteiger partial charge in [0.2, 0.25) is 0 Å². The Bertz CT molecular complexity index is 952. The molecule has 154 valence electrons. The summed E-state index contributed by atoms with van der Waals surface area (Å²) in [7, 11) is 1.68. The van der Waals surface area contributed by atoms with E-state index < -0.39 is 0 Å². The molecule has 0 spiro atoms. The molecule has 4 heteroatoms. The Morgan fingerprint density at radius 3 is 2.30 bits per heavy atom. The van der Waals surface area contributed by atoms with Gasteiger partial charge in [-0.05, 0) is 47.4 Å². The maximum Gasteiger partial charge on any atom is 0.118 e. The third-order valence-electron chi connectivity index (χ3n) is 5.61. The lowest BCUT2D eigenvalue weighted by molar-refractivity contribution is 0.0819. The molecule has 0 bridgehead atoms. The van der Waals surface area contributed by atoms with Crippen molar-refractivity contribution in [1.82, 2.24) is 10.2 Å². The average Bonchev–Trinajstić information content (AvgIpc) is 2.77. The van der Waals surface area contributed by atoms with Gasteiger partial charge in [-0.1, -0.05) is 61.2 Å². The number of anilines is 1. The van der Waals surface area contributed by atoms with E-state index in [-0.39, 0.29) is 0 Å². The topological polar surface area (TPSA) is 36.5 Å². The van der Waals surface area contributed by atoms with E-state index in [2.05, 4.69) is 76.7 Å². The highest BCUT2D eigenvalue weighted by Gasteiger charge is 2.28. The molecule has 0 radical (unpaired) electrons. The maximum atomic E-state index is 5.19. The predicted octanol–water partition coefficient (Wildman–Crippen LogP) is 5.32. The van der Waals surface area contributed by atoms with Crippen LogP contribution < -0.4 is 15.4 Å². The Balaban J connectivity index is 1.25. The van der Waals surface area contributed by atoms with E-state index in [1.807, 2.05) is 24.3 Å². The Labute approximate surface area is 179 Å². The molecule has 3 aromatic rings. The highest BCUT2D eigenvalue weighted by Crippen LogP contribution is 2.34. The zero-order valence-corrected chi connectivity index (χ0v) is 17.5. The molecule has 30 heavy (non-hydrogen) atoms. The molecule has 0 saturated carbocycles. The molecule has 0 amide bonds. The van der Waals surface area contributed by atoms with E-state index in [0.717, 1.165) is 30.3 Å². The van der Waals surface area contributed by atoms with E-state index in [9.17, 15) is 0 Å². The van der Waals surface area contributed by atoms with Crippen molar-refractivity contribution in [3.8, 4) is 5.75 Å². The van der Waals surface area contributed by atoms with E-state index in [1.54, 1.807) is 7.11 Å². The van der Waals surface area contributed by atoms with Gasteiger partial charge in [0.1, 0.15) is 5.75 Å². The summed E-state index contributed by atoms with van der Waals surface area (Å²) in [6, 6.07) is 28.0. The normalized spacial score (nSPS) is 15.8. The van der Waals surface area contributed by atoms with Crippen molar-refractivity contribution in [1.29, 1.82) is 0 Å². The summed E-state index contributed by atoms with van der Waals surface area (Å²) < 4.78 is 5.19. The van der Waals surface area contributed by atoms with Crippen molar-refractivity contribution < 1.29 is 4.74 Å². The molecule has 3 aromatic carbocycles. The molecule has 4 nitrogen and oxygen atoms in total. The monoisotopic (exact) mass is 399 g/mol. The number of rotatable bonds is 9. The summed E-state index contributed by atoms with van der Waals surface area (Å²) in [6.45, 7) is 6.93. The van der Waals surface area contributed by atoms with Crippen LogP contribution in [0.1, 0.15) is 29.2 Å². The van der Waals surface area contributed by atoms with Crippen molar-refractivity contribution in [2.75, 3.05) is 19.0 Å². The minimum Gasteiger partial charge on any atom is -0.497 e. The molecule has 4 rings (SSSR count). The maximum absolute atomic E-state index is 5.19. The number of likely N-dealkylation sites (tertiary alicyclic amines) is 1. The lowest BCUT2D eigenvalue weighted by Crippen LogP contribution is -2.40. The molecule has 2 N–H and O–H groups in total. The summed E-state index contributed by atoms with van der Waals surface area (Å²) in [5.74, 6) is 1.65. The second kappa shape index (κ2) is 9.51. The van der Waals surface area contributed by atoms with E-state index >= 15 is 0 Å². The van der Waals surface area contributed by atoms with Crippen LogP contribution in [-0.4, -0.2) is 18.6 Å². The molecule has 1 heterocycles. The highest BCUT2D eigenvalue weighted by molar-refractivity contribution is 5.48. The smallest absolute Gasteiger partial charge is 0.118 e. The van der Waals surface area contributed by atoms with Crippen molar-refractivity contribution in [3.05, 3.63) is 108 Å². The SMILES string of the molecule is C=C(NCc1ccc(OC)cc1)Nc1ccc(CN2CCC2c2ccccc2)cc1. The number of benzene rings is 3. The van der Waals surface area contributed by atoms with Crippen LogP contribution >= 0.6 is 0 Å². The number of nitrogens with one attached hydrogen (secondary N) is 2. The zero-order valence-electron chi connectivity index (χ0n) is 17.5. The molecule has 1 atom stereocenters. The van der Waals surface area contributed by atoms with Crippen molar-refractivity contribution >= 4 is 5.69 Å². The molecular formula is C26H29N3O. The van der Waals surface area contributed by atoms with E-state index in [1.165, 1.54) is 23.1 Å². The number of hydrogen-bond donors (Lipinski definition) is 2. The molecule has 1 fully saturated rings. The summed E-state index contributed by atoms with van der Waals surface area (Å²) in [6.07, 6.45) is 1.24. The van der Waals surface area contributed by atoms with Gasteiger partial charge in [0.25, 0.3) is 0 Å². The van der Waals surface area contributed by atoms with Crippen LogP contribution in [0.4, 0.5) is 5.69 Å². The minimum atomic E-state index is 0.547. The van der Waals surface area contributed by atoms with Gasteiger partial charge in [0.05, 0.1) is 12.9 Å². The van der Waals surface area contributed by atoms with Crippen molar-refractivity contribution in [2.24, 2.45) is 0 Å². The lowest BCUT2D eigenvalue weighted by atomic mass is 9.94. The highest BCUT2D eigenvalue weighted by atomic mass is 16.5. The van der Waals surface area contributed by atoms with Gasteiger partial charge >= 0.3 is 0 Å². The second-order valence-electron chi connectivity index (χ2n) is 7.69. The Morgan fingerprint density at radius 2 is 1.67 bits per heavy atom. The number of methoxy groups -OCH3 is 1. The van der Waals surface area contributed by atoms with E-state index in [4.69, 9.17) is 4.74 Å². The van der Waals surface area contributed by atoms with Crippen LogP contribution in [0.25, 0.3) is 0 Å². The molecule has 1 aliphatic heterocycles. The van der Waals surface area contributed by atoms with Gasteiger partial charge in [-0.2, -0.15) is 0 Å². The third-order valence-corrected chi connectivity index (χ3v) is 5.61. The fourth-order valence-corrected chi connectivity index (χ4v) is 3.78. The van der Waals surface area contributed by atoms with Crippen LogP contribution in [0.2, 0.25) is 0 Å². The first kappa shape index (κ1) is 20.0. The number of nitrogens with zero attached hydrogens (tertiary/aromatic N) is 1. The molecule has 0 aromatic heterocycles. The first-order valence-corrected chi connectivity index (χ1v) is 10.4. The van der Waals surface area contributed by atoms with Gasteiger partial charge in [-0.25, -0.2) is 0 Å². The first-order valence-electron chi connectivity index (χ1n) is 10.4. The van der Waals surface area contributed by atoms with Crippen LogP contribution in [0.15, 0.2) is 91.3 Å². The van der Waals surface area contributed by atoms with Crippen LogP contribution in [0, 0.1) is 0 Å². The number of hydrogen-bond acceptors (Lipinski definition) is 4. The van der Waals surface area contributed by atoms with Gasteiger partial charge in [0.15, 0.2) is 0 Å². The van der Waals surface area contributed by atoms with Crippen molar-refractivity contribution in [2.45, 2.75) is 25.6 Å². The largest absolute Gasteiger partial charge is 0.497 e. The fourth-order valence-electron chi connectivity index (χ4n) is 3.78. The fraction of sp³-hybridized carbons (Fsp3) is 0.231. The quantitative estimate of drug-likeness (QED) is 0.511. The molecule has 1 unspecified atom stereocenters. The number of ether oxygens (including phenoxy) is 1. The summed E-state index contributed by atoms with van der Waals surface area (Å²) in [5.41, 5.74) is 4.96. The summed E-state index contributed by atoms with van der Waals surface area (Å²) in [4.78, 5) is 2.53. The Morgan fingerprint density at radius 1 is 0.967 bits per heavy atom. The third kappa shape index (κ3) is 5.02. The minimum absolute atomic E-state index is 0.547. The molecule has 1 aliphatic rings. The van der Waals surface area contributed by atoms with Crippen LogP contribution in [0.3, 0.4) is 0 Å².